The summed E-state index contributed by atoms with van der Waals surface area (Å²) < 4.78 is 6.72. The highest BCUT2D eigenvalue weighted by molar-refractivity contribution is 8.88. The van der Waals surface area contributed by atoms with Crippen molar-refractivity contribution in [1.29, 1.82) is 0 Å². The van der Waals surface area contributed by atoms with Gasteiger partial charge in [0.2, 0.25) is 0 Å². The number of nitrogens with zero attached hydrogens (tertiary/aromatic N) is 1. The summed E-state index contributed by atoms with van der Waals surface area (Å²) in [5.41, 5.74) is 0. The van der Waals surface area contributed by atoms with Crippen molar-refractivity contribution in [2.45, 2.75) is 6.54 Å². The van der Waals surface area contributed by atoms with Crippen molar-refractivity contribution in [2.75, 3.05) is 13.4 Å². The first-order valence-corrected chi connectivity index (χ1v) is 7.43. The summed E-state index contributed by atoms with van der Waals surface area (Å²) in [6.07, 6.45) is 5.84. The Labute approximate surface area is 95.8 Å². The van der Waals surface area contributed by atoms with E-state index in [1.54, 1.807) is 0 Å². The molecule has 3 nitrogen and oxygen atoms in total. The summed E-state index contributed by atoms with van der Waals surface area (Å²) in [5, 5.41) is 1.80. The number of methoxy groups -OCH3 is 1. The standard InChI is InChI=1S/C10H14NO2S2/c1-13-10(12)15(14-2)9-8-11-6-4-3-5-7-11/h3-7,9H,8H2,1-2H3/q+1. The SMILES string of the molecule is COC(=O)S(=CC[n+]1ccccc1)SC. The number of pyridine rings is 1. The van der Waals surface area contributed by atoms with Crippen molar-refractivity contribution in [3.05, 3.63) is 30.6 Å². The third kappa shape index (κ3) is 4.05. The number of rotatable bonds is 3. The number of aromatic nitrogens is 1. The Balaban J connectivity index is 2.67. The maximum Gasteiger partial charge on any atom is 0.371 e. The van der Waals surface area contributed by atoms with Crippen LogP contribution in [0.2, 0.25) is 0 Å². The van der Waals surface area contributed by atoms with E-state index in [1.165, 1.54) is 17.9 Å². The molecule has 5 heteroatoms. The fraction of sp³-hybridized carbons (Fsp3) is 0.300. The lowest BCUT2D eigenvalue weighted by Crippen LogP contribution is -2.33. The third-order valence-electron chi connectivity index (χ3n) is 1.72. The van der Waals surface area contributed by atoms with Gasteiger partial charge in [-0.05, 0) is 15.8 Å². The average molecular weight is 244 g/mol. The third-order valence-corrected chi connectivity index (χ3v) is 4.92. The van der Waals surface area contributed by atoms with Crippen molar-refractivity contribution >= 4 is 31.0 Å². The first-order chi connectivity index (χ1) is 7.27. The van der Waals surface area contributed by atoms with Gasteiger partial charge in [0.1, 0.15) is 0 Å². The van der Waals surface area contributed by atoms with Crippen LogP contribution >= 0.6 is 20.3 Å². The van der Waals surface area contributed by atoms with Gasteiger partial charge in [-0.3, -0.25) is 0 Å². The average Bonchev–Trinajstić information content (AvgIpc) is 2.31. The van der Waals surface area contributed by atoms with E-state index in [0.717, 1.165) is 6.54 Å². The molecule has 0 amide bonds. The minimum Gasteiger partial charge on any atom is -0.461 e. The molecule has 82 valence electrons. The molecule has 0 bridgehead atoms. The minimum atomic E-state index is -0.467. The van der Waals surface area contributed by atoms with E-state index in [0.29, 0.717) is 0 Å². The highest BCUT2D eigenvalue weighted by atomic mass is 33.1. The van der Waals surface area contributed by atoms with Gasteiger partial charge in [0.05, 0.1) is 7.11 Å². The summed E-state index contributed by atoms with van der Waals surface area (Å²) >= 11 is 0. The number of carbonyl (C=O) groups is 1. The molecule has 1 rings (SSSR count). The van der Waals surface area contributed by atoms with Crippen molar-refractivity contribution < 1.29 is 14.1 Å². The van der Waals surface area contributed by atoms with E-state index < -0.39 is 9.52 Å². The summed E-state index contributed by atoms with van der Waals surface area (Å²) in [6, 6.07) is 5.89. The molecule has 1 unspecified atom stereocenters. The van der Waals surface area contributed by atoms with Gasteiger partial charge in [0, 0.05) is 17.5 Å². The summed E-state index contributed by atoms with van der Waals surface area (Å²) in [7, 11) is 2.46. The normalized spacial score (nSPS) is 12.4. The Morgan fingerprint density at radius 1 is 1.47 bits per heavy atom. The maximum atomic E-state index is 11.3. The van der Waals surface area contributed by atoms with E-state index in [9.17, 15) is 4.79 Å². The predicted octanol–water partition coefficient (Wildman–Crippen LogP) is 2.09. The van der Waals surface area contributed by atoms with Gasteiger partial charge in [0.25, 0.3) is 0 Å². The van der Waals surface area contributed by atoms with Gasteiger partial charge in [0.15, 0.2) is 18.9 Å². The molecule has 0 spiro atoms. The van der Waals surface area contributed by atoms with Crippen LogP contribution in [0.5, 0.6) is 0 Å². The Morgan fingerprint density at radius 3 is 2.67 bits per heavy atom. The molecule has 0 fully saturated rings. The molecule has 0 N–H and O–H groups in total. The molecule has 0 aliphatic rings. The molecule has 1 aromatic heterocycles. The number of hydrogen-bond acceptors (Lipinski definition) is 3. The largest absolute Gasteiger partial charge is 0.461 e. The van der Waals surface area contributed by atoms with Gasteiger partial charge >= 0.3 is 5.30 Å². The van der Waals surface area contributed by atoms with E-state index in [1.807, 2.05) is 46.8 Å². The molecule has 0 saturated carbocycles. The quantitative estimate of drug-likeness (QED) is 0.353. The zero-order chi connectivity index (χ0) is 11.1. The molecule has 0 radical (unpaired) electrons. The van der Waals surface area contributed by atoms with Crippen molar-refractivity contribution in [3.63, 3.8) is 0 Å². The van der Waals surface area contributed by atoms with Gasteiger partial charge in [-0.2, -0.15) is 0 Å². The number of carbonyl (C=O) groups excluding carboxylic acids is 1. The van der Waals surface area contributed by atoms with E-state index >= 15 is 0 Å². The molecule has 1 aromatic rings. The zero-order valence-electron chi connectivity index (χ0n) is 8.75. The molecular formula is C10H14NO2S2+. The number of ether oxygens (including phenoxy) is 1. The Morgan fingerprint density at radius 2 is 2.13 bits per heavy atom. The molecule has 0 aliphatic heterocycles. The van der Waals surface area contributed by atoms with Crippen molar-refractivity contribution in [2.24, 2.45) is 0 Å². The fourth-order valence-corrected chi connectivity index (χ4v) is 3.08. The first-order valence-electron chi connectivity index (χ1n) is 4.41. The second kappa shape index (κ2) is 6.63. The summed E-state index contributed by atoms with van der Waals surface area (Å²) in [4.78, 5) is 11.3. The monoisotopic (exact) mass is 244 g/mol. The molecule has 0 aliphatic carbocycles. The van der Waals surface area contributed by atoms with Crippen LogP contribution in [0.3, 0.4) is 0 Å². The van der Waals surface area contributed by atoms with Crippen molar-refractivity contribution in [3.8, 4) is 0 Å². The van der Waals surface area contributed by atoms with Gasteiger partial charge in [-0.1, -0.05) is 16.9 Å². The molecule has 15 heavy (non-hydrogen) atoms. The topological polar surface area (TPSA) is 30.2 Å². The molecule has 1 heterocycles. The minimum absolute atomic E-state index is 0.168. The zero-order valence-corrected chi connectivity index (χ0v) is 10.4. The smallest absolute Gasteiger partial charge is 0.371 e. The van der Waals surface area contributed by atoms with E-state index in [4.69, 9.17) is 4.74 Å². The van der Waals surface area contributed by atoms with Gasteiger partial charge < -0.3 is 4.74 Å². The summed E-state index contributed by atoms with van der Waals surface area (Å²) in [6.45, 7) is 0.722. The van der Waals surface area contributed by atoms with Crippen molar-refractivity contribution in [1.82, 2.24) is 0 Å². The van der Waals surface area contributed by atoms with E-state index in [2.05, 4.69) is 0 Å². The second-order valence-electron chi connectivity index (χ2n) is 2.66. The van der Waals surface area contributed by atoms with Crippen LogP contribution in [0.4, 0.5) is 4.79 Å². The Kier molecular flexibility index (Phi) is 5.42. The van der Waals surface area contributed by atoms with Gasteiger partial charge in [-0.25, -0.2) is 9.36 Å². The fourth-order valence-electron chi connectivity index (χ4n) is 0.996. The van der Waals surface area contributed by atoms with Crippen LogP contribution in [-0.4, -0.2) is 24.0 Å². The lowest BCUT2D eigenvalue weighted by Gasteiger charge is -2.01. The van der Waals surface area contributed by atoms with Crippen LogP contribution in [0.25, 0.3) is 0 Å². The molecular weight excluding hydrogens is 230 g/mol. The lowest BCUT2D eigenvalue weighted by molar-refractivity contribution is -0.680. The first kappa shape index (κ1) is 12.3. The summed E-state index contributed by atoms with van der Waals surface area (Å²) in [5.74, 6) is 0. The van der Waals surface area contributed by atoms with Crippen LogP contribution < -0.4 is 4.57 Å². The highest BCUT2D eigenvalue weighted by Crippen LogP contribution is 2.28. The van der Waals surface area contributed by atoms with E-state index in [-0.39, 0.29) is 5.30 Å². The highest BCUT2D eigenvalue weighted by Gasteiger charge is 2.06. The second-order valence-corrected chi connectivity index (χ2v) is 6.33. The molecule has 0 saturated heterocycles. The van der Waals surface area contributed by atoms with Crippen LogP contribution in [0.15, 0.2) is 30.6 Å². The Hall–Kier alpha value is -0.810. The van der Waals surface area contributed by atoms with Crippen LogP contribution in [-0.2, 0) is 11.3 Å². The lowest BCUT2D eigenvalue weighted by atomic mass is 10.5. The Bertz CT molecular complexity index is 352. The predicted molar refractivity (Wildman–Crippen MR) is 66.2 cm³/mol. The molecule has 0 aromatic carbocycles. The van der Waals surface area contributed by atoms with Gasteiger partial charge in [-0.15, -0.1) is 0 Å². The van der Waals surface area contributed by atoms with Crippen LogP contribution in [0.1, 0.15) is 0 Å². The number of hydrogen-bond donors (Lipinski definition) is 0. The van der Waals surface area contributed by atoms with Crippen LogP contribution in [0, 0.1) is 0 Å². The molecule has 1 atom stereocenters. The maximum absolute atomic E-state index is 11.3.